The van der Waals surface area contributed by atoms with Crippen molar-refractivity contribution in [3.8, 4) is 5.69 Å². The summed E-state index contributed by atoms with van der Waals surface area (Å²) < 4.78 is 14.2. The SMILES string of the molecule is CC(O)C(C)NC(=O)c1ccnn(-c2cccc(F)c2)c1=O. The van der Waals surface area contributed by atoms with Gasteiger partial charge in [-0.15, -0.1) is 0 Å². The standard InChI is InChI=1S/C15H16FN3O3/c1-9(10(2)20)18-14(21)13-6-7-17-19(15(13)22)12-5-3-4-11(16)8-12/h3-10,20H,1-2H3,(H,18,21). The number of amides is 1. The van der Waals surface area contributed by atoms with Crippen molar-refractivity contribution in [3.63, 3.8) is 0 Å². The molecular formula is C15H16FN3O3. The van der Waals surface area contributed by atoms with Gasteiger partial charge in [0.15, 0.2) is 0 Å². The Labute approximate surface area is 126 Å². The zero-order chi connectivity index (χ0) is 16.3. The van der Waals surface area contributed by atoms with Crippen LogP contribution in [0.4, 0.5) is 4.39 Å². The number of aromatic nitrogens is 2. The minimum atomic E-state index is -0.753. The molecule has 0 bridgehead atoms. The summed E-state index contributed by atoms with van der Waals surface area (Å²) in [5.74, 6) is -1.13. The van der Waals surface area contributed by atoms with E-state index >= 15 is 0 Å². The fourth-order valence-electron chi connectivity index (χ4n) is 1.78. The van der Waals surface area contributed by atoms with E-state index in [1.165, 1.54) is 37.4 Å². The summed E-state index contributed by atoms with van der Waals surface area (Å²) in [6, 6.07) is 6.12. The molecule has 2 N–H and O–H groups in total. The lowest BCUT2D eigenvalue weighted by Crippen LogP contribution is -2.42. The molecule has 1 amide bonds. The van der Waals surface area contributed by atoms with Gasteiger partial charge in [0.25, 0.3) is 11.5 Å². The second-order valence-corrected chi connectivity index (χ2v) is 4.94. The van der Waals surface area contributed by atoms with Crippen LogP contribution in [-0.4, -0.2) is 32.9 Å². The molecule has 0 spiro atoms. The number of halogens is 1. The van der Waals surface area contributed by atoms with Gasteiger partial charge in [0.1, 0.15) is 11.4 Å². The van der Waals surface area contributed by atoms with Crippen molar-refractivity contribution in [2.24, 2.45) is 0 Å². The number of aliphatic hydroxyl groups excluding tert-OH is 1. The molecule has 116 valence electrons. The van der Waals surface area contributed by atoms with Crippen molar-refractivity contribution >= 4 is 5.91 Å². The van der Waals surface area contributed by atoms with Gasteiger partial charge in [-0.1, -0.05) is 6.07 Å². The highest BCUT2D eigenvalue weighted by molar-refractivity contribution is 5.94. The van der Waals surface area contributed by atoms with Gasteiger partial charge in [-0.25, -0.2) is 4.39 Å². The third kappa shape index (κ3) is 3.37. The molecule has 0 aliphatic carbocycles. The topological polar surface area (TPSA) is 84.2 Å². The van der Waals surface area contributed by atoms with Crippen LogP contribution in [0.15, 0.2) is 41.3 Å². The Morgan fingerprint density at radius 3 is 2.73 bits per heavy atom. The van der Waals surface area contributed by atoms with Crippen LogP contribution in [0.1, 0.15) is 24.2 Å². The molecule has 0 radical (unpaired) electrons. The number of nitrogens with one attached hydrogen (secondary N) is 1. The van der Waals surface area contributed by atoms with Gasteiger partial charge in [-0.05, 0) is 38.1 Å². The van der Waals surface area contributed by atoms with Crippen LogP contribution in [0, 0.1) is 5.82 Å². The molecule has 1 aromatic carbocycles. The van der Waals surface area contributed by atoms with Crippen molar-refractivity contribution in [2.75, 3.05) is 0 Å². The number of nitrogens with zero attached hydrogens (tertiary/aromatic N) is 2. The van der Waals surface area contributed by atoms with Crippen LogP contribution in [0.3, 0.4) is 0 Å². The van der Waals surface area contributed by atoms with Crippen molar-refractivity contribution < 1.29 is 14.3 Å². The van der Waals surface area contributed by atoms with Gasteiger partial charge in [0, 0.05) is 6.20 Å². The van der Waals surface area contributed by atoms with Gasteiger partial charge in [0.05, 0.1) is 17.8 Å². The van der Waals surface area contributed by atoms with Gasteiger partial charge < -0.3 is 10.4 Å². The molecule has 22 heavy (non-hydrogen) atoms. The largest absolute Gasteiger partial charge is 0.391 e. The molecule has 2 unspecified atom stereocenters. The van der Waals surface area contributed by atoms with Crippen LogP contribution in [0.2, 0.25) is 0 Å². The highest BCUT2D eigenvalue weighted by Crippen LogP contribution is 2.06. The van der Waals surface area contributed by atoms with E-state index in [4.69, 9.17) is 0 Å². The second kappa shape index (κ2) is 6.48. The quantitative estimate of drug-likeness (QED) is 0.878. The van der Waals surface area contributed by atoms with Crippen molar-refractivity contribution in [1.29, 1.82) is 0 Å². The predicted octanol–water partition coefficient (Wildman–Crippen LogP) is 0.871. The van der Waals surface area contributed by atoms with Gasteiger partial charge in [0.2, 0.25) is 0 Å². The van der Waals surface area contributed by atoms with Crippen LogP contribution < -0.4 is 10.9 Å². The van der Waals surface area contributed by atoms with E-state index in [1.54, 1.807) is 6.92 Å². The Balaban J connectivity index is 2.38. The van der Waals surface area contributed by atoms with E-state index in [0.29, 0.717) is 0 Å². The predicted molar refractivity (Wildman–Crippen MR) is 78.4 cm³/mol. The molecule has 0 aliphatic rings. The molecule has 0 saturated carbocycles. The Morgan fingerprint density at radius 2 is 2.09 bits per heavy atom. The van der Waals surface area contributed by atoms with E-state index in [1.807, 2.05) is 0 Å². The average Bonchev–Trinajstić information content (AvgIpc) is 2.47. The summed E-state index contributed by atoms with van der Waals surface area (Å²) in [5.41, 5.74) is -0.571. The molecule has 0 saturated heterocycles. The van der Waals surface area contributed by atoms with E-state index in [-0.39, 0.29) is 11.3 Å². The first kappa shape index (κ1) is 15.8. The summed E-state index contributed by atoms with van der Waals surface area (Å²) in [6.07, 6.45) is 0.532. The van der Waals surface area contributed by atoms with Crippen molar-refractivity contribution in [1.82, 2.24) is 15.1 Å². The highest BCUT2D eigenvalue weighted by atomic mass is 19.1. The zero-order valence-corrected chi connectivity index (χ0v) is 12.2. The van der Waals surface area contributed by atoms with Crippen LogP contribution in [-0.2, 0) is 0 Å². The maximum Gasteiger partial charge on any atom is 0.284 e. The molecule has 1 aromatic heterocycles. The summed E-state index contributed by atoms with van der Waals surface area (Å²) in [4.78, 5) is 24.4. The molecule has 0 fully saturated rings. The smallest absolute Gasteiger partial charge is 0.284 e. The highest BCUT2D eigenvalue weighted by Gasteiger charge is 2.18. The maximum absolute atomic E-state index is 13.3. The third-order valence-electron chi connectivity index (χ3n) is 3.23. The van der Waals surface area contributed by atoms with E-state index in [2.05, 4.69) is 10.4 Å². The Hall–Kier alpha value is -2.54. The van der Waals surface area contributed by atoms with E-state index in [0.717, 1.165) is 10.7 Å². The van der Waals surface area contributed by atoms with Gasteiger partial charge >= 0.3 is 0 Å². The van der Waals surface area contributed by atoms with E-state index < -0.39 is 29.4 Å². The third-order valence-corrected chi connectivity index (χ3v) is 3.23. The first-order valence-corrected chi connectivity index (χ1v) is 6.73. The normalized spacial score (nSPS) is 13.5. The summed E-state index contributed by atoms with van der Waals surface area (Å²) >= 11 is 0. The number of benzene rings is 1. The molecule has 2 rings (SSSR count). The van der Waals surface area contributed by atoms with Crippen LogP contribution >= 0.6 is 0 Å². The van der Waals surface area contributed by atoms with Crippen LogP contribution in [0.25, 0.3) is 5.69 Å². The minimum Gasteiger partial charge on any atom is -0.391 e. The summed E-state index contributed by atoms with van der Waals surface area (Å²) in [5, 5.41) is 15.8. The number of rotatable bonds is 4. The monoisotopic (exact) mass is 305 g/mol. The fourth-order valence-corrected chi connectivity index (χ4v) is 1.78. The molecule has 1 heterocycles. The minimum absolute atomic E-state index is 0.133. The Bertz CT molecular complexity index is 743. The Morgan fingerprint density at radius 1 is 1.36 bits per heavy atom. The molecular weight excluding hydrogens is 289 g/mol. The number of hydrogen-bond donors (Lipinski definition) is 2. The lowest BCUT2D eigenvalue weighted by atomic mass is 10.2. The molecule has 2 atom stereocenters. The maximum atomic E-state index is 13.3. The second-order valence-electron chi connectivity index (χ2n) is 4.94. The Kier molecular flexibility index (Phi) is 4.67. The van der Waals surface area contributed by atoms with Crippen LogP contribution in [0.5, 0.6) is 0 Å². The summed E-state index contributed by atoms with van der Waals surface area (Å²) in [6.45, 7) is 3.15. The molecule has 6 nitrogen and oxygen atoms in total. The first-order valence-electron chi connectivity index (χ1n) is 6.73. The summed E-state index contributed by atoms with van der Waals surface area (Å²) in [7, 11) is 0. The van der Waals surface area contributed by atoms with Gasteiger partial charge in [-0.2, -0.15) is 9.78 Å². The zero-order valence-electron chi connectivity index (χ0n) is 12.2. The lowest BCUT2D eigenvalue weighted by molar-refractivity contribution is 0.0871. The molecule has 0 aliphatic heterocycles. The fraction of sp³-hybridized carbons (Fsp3) is 0.267. The average molecular weight is 305 g/mol. The van der Waals surface area contributed by atoms with E-state index in [9.17, 15) is 19.1 Å². The number of hydrogen-bond acceptors (Lipinski definition) is 4. The van der Waals surface area contributed by atoms with Crippen molar-refractivity contribution in [3.05, 3.63) is 58.3 Å². The molecule has 7 heteroatoms. The number of carbonyl (C=O) groups excluding carboxylic acids is 1. The number of carbonyl (C=O) groups is 1. The lowest BCUT2D eigenvalue weighted by Gasteiger charge is -2.16. The number of aliphatic hydroxyl groups is 1. The van der Waals surface area contributed by atoms with Crippen molar-refractivity contribution in [2.45, 2.75) is 26.0 Å². The molecule has 2 aromatic rings. The first-order chi connectivity index (χ1) is 10.4. The van der Waals surface area contributed by atoms with Gasteiger partial charge in [-0.3, -0.25) is 9.59 Å².